The molecule has 2 heteroatoms. The third-order valence-electron chi connectivity index (χ3n) is 11.6. The van der Waals surface area contributed by atoms with E-state index < -0.39 is 0 Å². The number of aromatic nitrogens is 2. The topological polar surface area (TPSA) is 9.86 Å². The smallest absolute Gasteiger partial charge is 0.0541 e. The molecule has 0 atom stereocenters. The summed E-state index contributed by atoms with van der Waals surface area (Å²) in [4.78, 5) is 0. The van der Waals surface area contributed by atoms with Crippen LogP contribution in [0, 0.1) is 0 Å². The van der Waals surface area contributed by atoms with Gasteiger partial charge in [0.25, 0.3) is 0 Å². The highest BCUT2D eigenvalue weighted by atomic mass is 15.0. The fourth-order valence-corrected chi connectivity index (χ4v) is 9.24. The van der Waals surface area contributed by atoms with Crippen LogP contribution in [0.1, 0.15) is 0 Å². The molecule has 2 aromatic heterocycles. The average Bonchev–Trinajstić information content (AvgIpc) is 3.87. The molecule has 9 aromatic carbocycles. The summed E-state index contributed by atoms with van der Waals surface area (Å²) < 4.78 is 4.85. The van der Waals surface area contributed by atoms with Gasteiger partial charge in [-0.15, -0.1) is 0 Å². The molecule has 2 heterocycles. The highest BCUT2D eigenvalue weighted by Crippen LogP contribution is 2.48. The van der Waals surface area contributed by atoms with Crippen LogP contribution >= 0.6 is 0 Å². The zero-order valence-corrected chi connectivity index (χ0v) is 29.4. The first-order valence-corrected chi connectivity index (χ1v) is 18.7. The van der Waals surface area contributed by atoms with Crippen LogP contribution in [0.4, 0.5) is 0 Å². The van der Waals surface area contributed by atoms with E-state index in [-0.39, 0.29) is 0 Å². The normalized spacial score (nSPS) is 12.1. The molecule has 54 heavy (non-hydrogen) atoms. The third-order valence-corrected chi connectivity index (χ3v) is 11.6. The minimum absolute atomic E-state index is 1.16. The van der Waals surface area contributed by atoms with E-state index in [0.717, 1.165) is 5.69 Å². The summed E-state index contributed by atoms with van der Waals surface area (Å²) in [7, 11) is 0. The van der Waals surface area contributed by atoms with E-state index in [1.54, 1.807) is 0 Å². The Morgan fingerprint density at radius 1 is 0.259 bits per heavy atom. The summed E-state index contributed by atoms with van der Waals surface area (Å²) in [5.74, 6) is 0. The summed E-state index contributed by atoms with van der Waals surface area (Å²) in [6.45, 7) is 0. The van der Waals surface area contributed by atoms with Gasteiger partial charge in [0.1, 0.15) is 0 Å². The Labute approximate surface area is 312 Å². The molecule has 1 aliphatic rings. The Morgan fingerprint density at radius 2 is 0.778 bits per heavy atom. The van der Waals surface area contributed by atoms with Gasteiger partial charge >= 0.3 is 0 Å². The van der Waals surface area contributed by atoms with E-state index >= 15 is 0 Å². The van der Waals surface area contributed by atoms with Crippen LogP contribution < -0.4 is 0 Å². The van der Waals surface area contributed by atoms with Crippen molar-refractivity contribution in [3.63, 3.8) is 0 Å². The van der Waals surface area contributed by atoms with Crippen LogP contribution in [0.25, 0.3) is 110 Å². The number of fused-ring (bicyclic) bond motifs is 9. The predicted octanol–water partition coefficient (Wildman–Crippen LogP) is 14.0. The molecule has 11 aromatic rings. The molecule has 1 aliphatic carbocycles. The molecule has 0 unspecified atom stereocenters. The molecule has 0 radical (unpaired) electrons. The molecular weight excluding hydrogens is 653 g/mol. The highest BCUT2D eigenvalue weighted by Gasteiger charge is 2.23. The summed E-state index contributed by atoms with van der Waals surface area (Å²) in [6.07, 6.45) is 0. The second-order valence-corrected chi connectivity index (χ2v) is 14.5. The van der Waals surface area contributed by atoms with Crippen LogP contribution in [0.2, 0.25) is 0 Å². The first-order chi connectivity index (χ1) is 26.8. The highest BCUT2D eigenvalue weighted by molar-refractivity contribution is 6.16. The van der Waals surface area contributed by atoms with Gasteiger partial charge in [0.05, 0.1) is 22.1 Å². The van der Waals surface area contributed by atoms with Gasteiger partial charge in [0.2, 0.25) is 0 Å². The molecule has 0 aliphatic heterocycles. The Bertz CT molecular complexity index is 3320. The lowest BCUT2D eigenvalue weighted by Crippen LogP contribution is -1.94. The zero-order chi connectivity index (χ0) is 35.3. The second kappa shape index (κ2) is 11.2. The maximum absolute atomic E-state index is 2.44. The summed E-state index contributed by atoms with van der Waals surface area (Å²) in [5, 5.41) is 7.69. The van der Waals surface area contributed by atoms with Crippen LogP contribution in [0.3, 0.4) is 0 Å². The van der Waals surface area contributed by atoms with Crippen molar-refractivity contribution < 1.29 is 0 Å². The van der Waals surface area contributed by atoms with Crippen LogP contribution in [-0.2, 0) is 0 Å². The Kier molecular flexibility index (Phi) is 6.09. The monoisotopic (exact) mass is 684 g/mol. The van der Waals surface area contributed by atoms with Crippen molar-refractivity contribution in [1.82, 2.24) is 9.13 Å². The maximum Gasteiger partial charge on any atom is 0.0541 e. The lowest BCUT2D eigenvalue weighted by molar-refractivity contribution is 1.18. The van der Waals surface area contributed by atoms with Gasteiger partial charge in [0.15, 0.2) is 0 Å². The molecule has 0 amide bonds. The van der Waals surface area contributed by atoms with Gasteiger partial charge in [-0.2, -0.15) is 0 Å². The number of para-hydroxylation sites is 2. The Morgan fingerprint density at radius 3 is 1.44 bits per heavy atom. The lowest BCUT2D eigenvalue weighted by atomic mass is 10.0. The number of hydrogen-bond acceptors (Lipinski definition) is 0. The van der Waals surface area contributed by atoms with Gasteiger partial charge in [-0.1, -0.05) is 133 Å². The lowest BCUT2D eigenvalue weighted by Gasteiger charge is -2.12. The van der Waals surface area contributed by atoms with Crippen LogP contribution in [0.15, 0.2) is 194 Å². The summed E-state index contributed by atoms with van der Waals surface area (Å²) >= 11 is 0. The van der Waals surface area contributed by atoms with Gasteiger partial charge < -0.3 is 9.13 Å². The van der Waals surface area contributed by atoms with Crippen molar-refractivity contribution in [2.45, 2.75) is 0 Å². The van der Waals surface area contributed by atoms with Gasteiger partial charge in [-0.05, 0) is 116 Å². The summed E-state index contributed by atoms with van der Waals surface area (Å²) in [6, 6.07) is 71.5. The van der Waals surface area contributed by atoms with E-state index in [2.05, 4.69) is 203 Å². The van der Waals surface area contributed by atoms with Crippen molar-refractivity contribution in [1.29, 1.82) is 0 Å². The largest absolute Gasteiger partial charge is 0.309 e. The SMILES string of the molecule is c1ccc(-c2cccc(-n3c4ccccc4c4cc(-c5ccc6c(c5)c5ccccc5n6-c5ccc6c(c5)-c5cccc7cccc-6c57)ccc43)c2)cc1. The van der Waals surface area contributed by atoms with E-state index in [1.165, 1.54) is 105 Å². The molecule has 0 saturated carbocycles. The second-order valence-electron chi connectivity index (χ2n) is 14.5. The number of benzene rings is 9. The van der Waals surface area contributed by atoms with E-state index in [0.29, 0.717) is 0 Å². The van der Waals surface area contributed by atoms with Crippen molar-refractivity contribution in [2.24, 2.45) is 0 Å². The van der Waals surface area contributed by atoms with Crippen molar-refractivity contribution in [3.8, 4) is 55.9 Å². The van der Waals surface area contributed by atoms with Gasteiger partial charge in [0, 0.05) is 32.9 Å². The molecular formula is C52H32N2. The third kappa shape index (κ3) is 4.17. The minimum atomic E-state index is 1.16. The fourth-order valence-electron chi connectivity index (χ4n) is 9.24. The molecule has 0 N–H and O–H groups in total. The molecule has 12 rings (SSSR count). The molecule has 250 valence electrons. The van der Waals surface area contributed by atoms with E-state index in [1.807, 2.05) is 0 Å². The standard InChI is InChI=1S/C52H32N2/c1-2-11-33(12-3-1)35-15-8-16-38(29-35)53-48-21-6-4-17-41(48)46-30-36(23-27-50(46)53)37-24-28-51-47(31-37)42-18-5-7-22-49(42)54(51)39-25-26-40-43-19-9-13-34-14-10-20-44(52(34)43)45(40)32-39/h1-32H. The van der Waals surface area contributed by atoms with Crippen LogP contribution in [0.5, 0.6) is 0 Å². The van der Waals surface area contributed by atoms with Crippen molar-refractivity contribution in [2.75, 3.05) is 0 Å². The first-order valence-electron chi connectivity index (χ1n) is 18.7. The number of nitrogens with zero attached hydrogens (tertiary/aromatic N) is 2. The fraction of sp³-hybridized carbons (Fsp3) is 0. The Hall–Kier alpha value is -7.16. The first kappa shape index (κ1) is 29.4. The molecule has 0 spiro atoms. The van der Waals surface area contributed by atoms with Crippen LogP contribution in [-0.4, -0.2) is 9.13 Å². The van der Waals surface area contributed by atoms with E-state index in [9.17, 15) is 0 Å². The summed E-state index contributed by atoms with van der Waals surface area (Å²) in [5.41, 5.74) is 17.3. The number of rotatable bonds is 4. The van der Waals surface area contributed by atoms with Gasteiger partial charge in [-0.25, -0.2) is 0 Å². The Balaban J connectivity index is 1.01. The molecule has 0 saturated heterocycles. The van der Waals surface area contributed by atoms with E-state index in [4.69, 9.17) is 0 Å². The van der Waals surface area contributed by atoms with Gasteiger partial charge in [-0.3, -0.25) is 0 Å². The predicted molar refractivity (Wildman–Crippen MR) is 228 cm³/mol. The number of hydrogen-bond donors (Lipinski definition) is 0. The molecule has 0 bridgehead atoms. The maximum atomic E-state index is 2.44. The van der Waals surface area contributed by atoms with Crippen molar-refractivity contribution in [3.05, 3.63) is 194 Å². The quantitative estimate of drug-likeness (QED) is 0.175. The average molecular weight is 685 g/mol. The molecule has 2 nitrogen and oxygen atoms in total. The minimum Gasteiger partial charge on any atom is -0.309 e. The molecule has 0 fully saturated rings. The van der Waals surface area contributed by atoms with Crippen molar-refractivity contribution >= 4 is 54.4 Å². The zero-order valence-electron chi connectivity index (χ0n) is 29.4.